The first kappa shape index (κ1) is 44.0. The van der Waals surface area contributed by atoms with E-state index in [4.69, 9.17) is 9.72 Å². The summed E-state index contributed by atoms with van der Waals surface area (Å²) >= 11 is 1.15. The molecule has 2 aliphatic heterocycles. The molecule has 7 rings (SSSR count). The van der Waals surface area contributed by atoms with Crippen molar-refractivity contribution in [1.82, 2.24) is 29.7 Å². The van der Waals surface area contributed by atoms with Gasteiger partial charge in [0.15, 0.2) is 0 Å². The van der Waals surface area contributed by atoms with Crippen molar-refractivity contribution in [2.45, 2.75) is 104 Å². The first-order valence-electron chi connectivity index (χ1n) is 18.9. The molecular formula is C41H59F3N7O2Pb. The summed E-state index contributed by atoms with van der Waals surface area (Å²) in [4.78, 5) is 34.2. The Kier molecular flexibility index (Phi) is 15.5. The van der Waals surface area contributed by atoms with Gasteiger partial charge in [-0.2, -0.15) is 0 Å². The van der Waals surface area contributed by atoms with Crippen LogP contribution in [-0.2, 0) is 12.8 Å². The van der Waals surface area contributed by atoms with E-state index in [0.717, 1.165) is 98.0 Å². The molecule has 1 spiro atoms. The van der Waals surface area contributed by atoms with E-state index < -0.39 is 11.7 Å². The average molecular weight is 946 g/mol. The third kappa shape index (κ3) is 10.2. The molecule has 295 valence electrons. The number of rotatable bonds is 11. The Balaban J connectivity index is 0.000000398. The topological polar surface area (TPSA) is 77.9 Å². The normalized spacial score (nSPS) is 21.0. The standard InChI is InChI=1S/C30H34FN6O2.C8H15F2N.C2H6.CH4.Pb/c1-35(2)15-26-28-25(7-9-36(26)3)33-8-6-27(28)39-24-12-30(13-24)17-37(18-30)29-21(14-32-19-34-29)10-20-4-5-23(31)11-22(20)16-38;1-6(2)11(3)7-4-8(9,10)5-7;1-2;;/h4-6,8,11,14,16,19,24,26H,3,7,9-10,12-13,15,17-18H2,1-2H3;6-7H,4-5H2,1-3H3;1-2H3;1H4;. The number of hydrogen-bond donors (Lipinski definition) is 0. The van der Waals surface area contributed by atoms with E-state index in [1.807, 2.05) is 45.8 Å². The number of pyridine rings is 1. The first-order chi connectivity index (χ1) is 25.3. The van der Waals surface area contributed by atoms with E-state index in [0.29, 0.717) is 30.4 Å². The first-order valence-corrected chi connectivity index (χ1v) is 21.6. The number of nitrogens with zero attached hydrogens (tertiary/aromatic N) is 7. The van der Waals surface area contributed by atoms with Crippen LogP contribution < -0.4 is 9.64 Å². The second-order valence-corrected chi connectivity index (χ2v) is 16.6. The summed E-state index contributed by atoms with van der Waals surface area (Å²) < 4.78 is 46.2. The quantitative estimate of drug-likeness (QED) is 0.152. The van der Waals surface area contributed by atoms with E-state index in [1.165, 1.54) is 23.4 Å². The van der Waals surface area contributed by atoms with Crippen LogP contribution in [0, 0.1) is 11.2 Å². The van der Waals surface area contributed by atoms with Crippen LogP contribution in [0.4, 0.5) is 19.0 Å². The summed E-state index contributed by atoms with van der Waals surface area (Å²) in [5.74, 6) is -0.889. The van der Waals surface area contributed by atoms with Crippen LogP contribution in [-0.4, -0.2) is 137 Å². The van der Waals surface area contributed by atoms with Crippen molar-refractivity contribution in [2.75, 3.05) is 56.3 Å². The number of halogens is 3. The molecule has 1 saturated heterocycles. The molecule has 3 fully saturated rings. The van der Waals surface area contributed by atoms with Gasteiger partial charge >= 0.3 is 166 Å². The van der Waals surface area contributed by atoms with Crippen LogP contribution in [0.1, 0.15) is 99.6 Å². The van der Waals surface area contributed by atoms with Crippen molar-refractivity contribution >= 4 is 37.9 Å². The molecule has 1 unspecified atom stereocenters. The van der Waals surface area contributed by atoms with Gasteiger partial charge < -0.3 is 4.90 Å². The van der Waals surface area contributed by atoms with E-state index >= 15 is 0 Å². The molecule has 0 amide bonds. The minimum absolute atomic E-state index is 0. The van der Waals surface area contributed by atoms with E-state index in [9.17, 15) is 18.0 Å². The Morgan fingerprint density at radius 1 is 1.06 bits per heavy atom. The van der Waals surface area contributed by atoms with Crippen LogP contribution in [0.3, 0.4) is 0 Å². The molecule has 1 aromatic carbocycles. The van der Waals surface area contributed by atoms with Gasteiger partial charge in [-0.05, 0) is 38.6 Å². The number of aldehydes is 1. The van der Waals surface area contributed by atoms with Crippen LogP contribution in [0.2, 0.25) is 0 Å². The zero-order valence-electron chi connectivity index (χ0n) is 32.3. The summed E-state index contributed by atoms with van der Waals surface area (Å²) in [5, 5.41) is 0. The maximum absolute atomic E-state index is 13.6. The molecule has 3 radical (unpaired) electrons. The number of carbonyl (C=O) groups excluding carboxylic acids is 1. The van der Waals surface area contributed by atoms with Gasteiger partial charge in [0.05, 0.1) is 0 Å². The molecule has 2 saturated carbocycles. The number of benzene rings is 1. The molecule has 3 aromatic rings. The summed E-state index contributed by atoms with van der Waals surface area (Å²) in [6.45, 7) is 11.9. The molecule has 2 aliphatic carbocycles. The SMILES string of the molecule is C.CC.CC(C)N(C)C1CC(F)(F)C1.CN(C)CC1c2c(OC3CC4(C3)CN(c3ncncc3Cc3ccc(F)cc3C=O)C4)ccnc2CCN1[CH2][Pb]. The Morgan fingerprint density at radius 3 is 2.37 bits per heavy atom. The number of aromatic nitrogens is 3. The number of anilines is 1. The molecule has 4 heterocycles. The monoisotopic (exact) mass is 946 g/mol. The number of alkyl halides is 2. The second-order valence-electron chi connectivity index (χ2n) is 15.4. The van der Waals surface area contributed by atoms with Crippen LogP contribution in [0.5, 0.6) is 5.75 Å². The number of likely N-dealkylation sites (N-methyl/N-ethyl adjacent to an activating group) is 1. The minimum atomic E-state index is -2.38. The Hall–Kier alpha value is -2.69. The fourth-order valence-electron chi connectivity index (χ4n) is 7.97. The average Bonchev–Trinajstić information content (AvgIpc) is 3.09. The molecule has 13 heteroatoms. The molecule has 2 aromatic heterocycles. The molecular weight excluding hydrogens is 887 g/mol. The molecule has 0 bridgehead atoms. The molecule has 0 N–H and O–H groups in total. The fraction of sp³-hybridized carbons (Fsp3) is 0.610. The van der Waals surface area contributed by atoms with E-state index in [1.54, 1.807) is 18.6 Å². The van der Waals surface area contributed by atoms with Crippen molar-refractivity contribution in [3.8, 4) is 5.75 Å². The van der Waals surface area contributed by atoms with Crippen LogP contribution in [0.15, 0.2) is 43.0 Å². The molecule has 1 atom stereocenters. The van der Waals surface area contributed by atoms with Crippen molar-refractivity contribution in [3.05, 3.63) is 76.8 Å². The van der Waals surface area contributed by atoms with Gasteiger partial charge in [-0.25, -0.2) is 23.1 Å². The number of carbonyl (C=O) groups is 1. The second kappa shape index (κ2) is 19.0. The van der Waals surface area contributed by atoms with Gasteiger partial charge in [-0.3, -0.25) is 4.79 Å². The summed E-state index contributed by atoms with van der Waals surface area (Å²) in [6, 6.07) is 7.20. The summed E-state index contributed by atoms with van der Waals surface area (Å²) in [6.07, 6.45) is 9.80. The molecule has 9 nitrogen and oxygen atoms in total. The van der Waals surface area contributed by atoms with Crippen molar-refractivity contribution in [3.63, 3.8) is 0 Å². The van der Waals surface area contributed by atoms with E-state index in [-0.39, 0.29) is 37.8 Å². The predicted octanol–water partition coefficient (Wildman–Crippen LogP) is 6.84. The molecule has 54 heavy (non-hydrogen) atoms. The summed E-state index contributed by atoms with van der Waals surface area (Å²) in [7, 11) is 6.18. The van der Waals surface area contributed by atoms with E-state index in [2.05, 4.69) is 44.8 Å². The summed E-state index contributed by atoms with van der Waals surface area (Å²) in [5.41, 5.74) is 4.80. The van der Waals surface area contributed by atoms with Crippen LogP contribution >= 0.6 is 0 Å². The fourth-order valence-corrected chi connectivity index (χ4v) is 9.44. The van der Waals surface area contributed by atoms with Gasteiger partial charge in [-0.15, -0.1) is 0 Å². The number of hydrogen-bond acceptors (Lipinski definition) is 9. The Bertz CT molecular complexity index is 1670. The van der Waals surface area contributed by atoms with Crippen molar-refractivity contribution in [1.29, 1.82) is 0 Å². The predicted molar refractivity (Wildman–Crippen MR) is 210 cm³/mol. The third-order valence-corrected chi connectivity index (χ3v) is 12.6. The molecule has 4 aliphatic rings. The van der Waals surface area contributed by atoms with Gasteiger partial charge in [-0.1, -0.05) is 27.3 Å². The zero-order valence-corrected chi connectivity index (χ0v) is 36.2. The third-order valence-electron chi connectivity index (χ3n) is 11.0. The Labute approximate surface area is 336 Å². The maximum atomic E-state index is 13.6. The van der Waals surface area contributed by atoms with Crippen molar-refractivity contribution in [2.24, 2.45) is 5.41 Å². The zero-order chi connectivity index (χ0) is 38.5. The Morgan fingerprint density at radius 2 is 1.76 bits per heavy atom. The number of fused-ring (bicyclic) bond motifs is 1. The number of ether oxygens (including phenoxy) is 1. The van der Waals surface area contributed by atoms with Gasteiger partial charge in [0, 0.05) is 48.7 Å². The van der Waals surface area contributed by atoms with Gasteiger partial charge in [0.1, 0.15) is 18.4 Å². The van der Waals surface area contributed by atoms with Crippen molar-refractivity contribution < 1.29 is 22.7 Å². The van der Waals surface area contributed by atoms with Crippen LogP contribution in [0.25, 0.3) is 0 Å². The van der Waals surface area contributed by atoms with Gasteiger partial charge in [0.25, 0.3) is 5.92 Å². The van der Waals surface area contributed by atoms with Gasteiger partial charge in [0.2, 0.25) is 0 Å².